The molecule has 0 aromatic rings. The molecule has 0 bridgehead atoms. The highest BCUT2D eigenvalue weighted by molar-refractivity contribution is 6.35. The summed E-state index contributed by atoms with van der Waals surface area (Å²) in [5.41, 5.74) is 8.07. The minimum atomic E-state index is -0.985. The minimum Gasteiger partial charge on any atom is -0.344 e. The van der Waals surface area contributed by atoms with Gasteiger partial charge in [0, 0.05) is 18.5 Å². The van der Waals surface area contributed by atoms with E-state index >= 15 is 0 Å². The van der Waals surface area contributed by atoms with E-state index in [0.29, 0.717) is 13.0 Å². The molecule has 0 spiro atoms. The Morgan fingerprint density at radius 3 is 3.00 bits per heavy atom. The zero-order valence-corrected chi connectivity index (χ0v) is 7.45. The van der Waals surface area contributed by atoms with Crippen LogP contribution in [0.4, 0.5) is 0 Å². The predicted molar refractivity (Wildman–Crippen MR) is 44.9 cm³/mol. The molecule has 0 aromatic heterocycles. The van der Waals surface area contributed by atoms with Crippen LogP contribution in [-0.4, -0.2) is 35.8 Å². The molecule has 5 nitrogen and oxygen atoms in total. The van der Waals surface area contributed by atoms with Crippen LogP contribution in [0.2, 0.25) is 0 Å². The number of carbonyl (C=O) groups excluding carboxylic acids is 1. The summed E-state index contributed by atoms with van der Waals surface area (Å²) in [4.78, 5) is 14.5. The number of nitrogens with zero attached hydrogens (tertiary/aromatic N) is 4. The molecule has 66 valence electrons. The first-order valence-electron chi connectivity index (χ1n) is 3.55. The average Bonchev–Trinajstić information content (AvgIpc) is 2.31. The monoisotopic (exact) mass is 188 g/mol. The fourth-order valence-corrected chi connectivity index (χ4v) is 1.47. The Labute approximate surface area is 74.9 Å². The van der Waals surface area contributed by atoms with Gasteiger partial charge in [-0.1, -0.05) is 5.11 Å². The third kappa shape index (κ3) is 1.47. The van der Waals surface area contributed by atoms with Gasteiger partial charge in [-0.15, -0.1) is 11.6 Å². The zero-order valence-electron chi connectivity index (χ0n) is 6.70. The smallest absolute Gasteiger partial charge is 0.243 e. The van der Waals surface area contributed by atoms with E-state index < -0.39 is 4.87 Å². The van der Waals surface area contributed by atoms with E-state index in [1.54, 1.807) is 11.9 Å². The highest BCUT2D eigenvalue weighted by Crippen LogP contribution is 2.29. The van der Waals surface area contributed by atoms with Crippen LogP contribution in [0.1, 0.15) is 6.42 Å². The van der Waals surface area contributed by atoms with Crippen LogP contribution >= 0.6 is 11.6 Å². The first kappa shape index (κ1) is 9.16. The summed E-state index contributed by atoms with van der Waals surface area (Å²) in [5.74, 6) is -0.156. The summed E-state index contributed by atoms with van der Waals surface area (Å²) >= 11 is 5.94. The molecule has 1 fully saturated rings. The average molecular weight is 189 g/mol. The molecule has 1 rings (SSSR count). The fraction of sp³-hybridized carbons (Fsp3) is 0.833. The highest BCUT2D eigenvalue weighted by Gasteiger charge is 2.42. The second kappa shape index (κ2) is 3.21. The molecular formula is C6H9ClN4O. The molecule has 1 atom stereocenters. The maximum Gasteiger partial charge on any atom is 0.243 e. The van der Waals surface area contributed by atoms with Crippen molar-refractivity contribution in [2.45, 2.75) is 11.3 Å². The van der Waals surface area contributed by atoms with Gasteiger partial charge in [0.15, 0.2) is 0 Å². The van der Waals surface area contributed by atoms with E-state index in [0.717, 1.165) is 0 Å². The van der Waals surface area contributed by atoms with Gasteiger partial charge in [-0.3, -0.25) is 4.79 Å². The maximum absolute atomic E-state index is 11.3. The van der Waals surface area contributed by atoms with E-state index in [1.165, 1.54) is 0 Å². The second-order valence-electron chi connectivity index (χ2n) is 2.83. The van der Waals surface area contributed by atoms with Gasteiger partial charge < -0.3 is 4.90 Å². The lowest BCUT2D eigenvalue weighted by atomic mass is 10.1. The Morgan fingerprint density at radius 2 is 2.58 bits per heavy atom. The fourth-order valence-electron chi connectivity index (χ4n) is 1.19. The number of hydrogen-bond donors (Lipinski definition) is 0. The van der Waals surface area contributed by atoms with Crippen molar-refractivity contribution in [3.05, 3.63) is 10.4 Å². The molecule has 1 amide bonds. The van der Waals surface area contributed by atoms with Crippen LogP contribution in [0.25, 0.3) is 10.4 Å². The molecule has 1 saturated heterocycles. The van der Waals surface area contributed by atoms with Crippen molar-refractivity contribution in [3.63, 3.8) is 0 Å². The van der Waals surface area contributed by atoms with Gasteiger partial charge in [-0.2, -0.15) is 0 Å². The van der Waals surface area contributed by atoms with E-state index in [1.807, 2.05) is 0 Å². The second-order valence-corrected chi connectivity index (χ2v) is 3.55. The van der Waals surface area contributed by atoms with E-state index in [4.69, 9.17) is 17.1 Å². The lowest BCUT2D eigenvalue weighted by Gasteiger charge is -2.15. The van der Waals surface area contributed by atoms with Gasteiger partial charge in [0.05, 0.1) is 6.54 Å². The summed E-state index contributed by atoms with van der Waals surface area (Å²) in [7, 11) is 1.68. The van der Waals surface area contributed by atoms with Crippen LogP contribution in [-0.2, 0) is 4.79 Å². The number of likely N-dealkylation sites (tertiary alicyclic amines) is 1. The van der Waals surface area contributed by atoms with Crippen LogP contribution < -0.4 is 0 Å². The van der Waals surface area contributed by atoms with Crippen molar-refractivity contribution in [3.8, 4) is 0 Å². The lowest BCUT2D eigenvalue weighted by Crippen LogP contribution is -2.35. The molecule has 0 radical (unpaired) electrons. The summed E-state index contributed by atoms with van der Waals surface area (Å²) < 4.78 is 0. The standard InChI is InChI=1S/C6H9ClN4O/c1-11-3-2-6(7,5(11)12)4-9-10-8/h2-4H2,1H3. The topological polar surface area (TPSA) is 69.1 Å². The third-order valence-corrected chi connectivity index (χ3v) is 2.43. The molecule has 12 heavy (non-hydrogen) atoms. The number of alkyl halides is 1. The van der Waals surface area contributed by atoms with Crippen LogP contribution in [0, 0.1) is 0 Å². The molecule has 0 aromatic carbocycles. The Kier molecular flexibility index (Phi) is 2.45. The van der Waals surface area contributed by atoms with E-state index in [9.17, 15) is 4.79 Å². The molecular weight excluding hydrogens is 180 g/mol. The highest BCUT2D eigenvalue weighted by atomic mass is 35.5. The van der Waals surface area contributed by atoms with Crippen molar-refractivity contribution in [2.24, 2.45) is 5.11 Å². The Balaban J connectivity index is 2.72. The van der Waals surface area contributed by atoms with Gasteiger partial charge >= 0.3 is 0 Å². The first-order chi connectivity index (χ1) is 5.60. The van der Waals surface area contributed by atoms with Gasteiger partial charge in [0.25, 0.3) is 0 Å². The van der Waals surface area contributed by atoms with Gasteiger partial charge in [-0.05, 0) is 12.0 Å². The van der Waals surface area contributed by atoms with Crippen molar-refractivity contribution in [1.29, 1.82) is 0 Å². The third-order valence-electron chi connectivity index (χ3n) is 1.96. The molecule has 0 saturated carbocycles. The van der Waals surface area contributed by atoms with Gasteiger partial charge in [-0.25, -0.2) is 0 Å². The Hall–Kier alpha value is -0.930. The Morgan fingerprint density at radius 1 is 1.92 bits per heavy atom. The van der Waals surface area contributed by atoms with Gasteiger partial charge in [0.1, 0.15) is 4.87 Å². The minimum absolute atomic E-state index is 0.0359. The summed E-state index contributed by atoms with van der Waals surface area (Å²) in [6.45, 7) is 0.664. The summed E-state index contributed by atoms with van der Waals surface area (Å²) in [6.07, 6.45) is 0.545. The largest absolute Gasteiger partial charge is 0.344 e. The predicted octanol–water partition coefficient (Wildman–Crippen LogP) is 1.14. The molecule has 0 N–H and O–H groups in total. The number of amides is 1. The molecule has 1 aliphatic heterocycles. The van der Waals surface area contributed by atoms with Crippen molar-refractivity contribution < 1.29 is 4.79 Å². The van der Waals surface area contributed by atoms with Crippen molar-refractivity contribution >= 4 is 17.5 Å². The van der Waals surface area contributed by atoms with E-state index in [-0.39, 0.29) is 12.5 Å². The van der Waals surface area contributed by atoms with E-state index in [2.05, 4.69) is 10.0 Å². The van der Waals surface area contributed by atoms with Crippen molar-refractivity contribution in [1.82, 2.24) is 4.90 Å². The molecule has 1 unspecified atom stereocenters. The molecule has 0 aliphatic carbocycles. The molecule has 6 heteroatoms. The number of carbonyl (C=O) groups is 1. The van der Waals surface area contributed by atoms with Gasteiger partial charge in [0.2, 0.25) is 5.91 Å². The maximum atomic E-state index is 11.3. The number of azide groups is 1. The first-order valence-corrected chi connectivity index (χ1v) is 3.93. The molecule has 1 aliphatic rings. The molecule has 1 heterocycles. The van der Waals surface area contributed by atoms with Crippen LogP contribution in [0.5, 0.6) is 0 Å². The van der Waals surface area contributed by atoms with Crippen LogP contribution in [0.15, 0.2) is 5.11 Å². The van der Waals surface area contributed by atoms with Crippen LogP contribution in [0.3, 0.4) is 0 Å². The summed E-state index contributed by atoms with van der Waals surface area (Å²) in [5, 5.41) is 3.31. The number of halogens is 1. The SMILES string of the molecule is CN1CCC(Cl)(CN=[N+]=[N-])C1=O. The number of hydrogen-bond acceptors (Lipinski definition) is 2. The summed E-state index contributed by atoms with van der Waals surface area (Å²) in [6, 6.07) is 0. The normalized spacial score (nSPS) is 28.8. The lowest BCUT2D eigenvalue weighted by molar-refractivity contribution is -0.128. The number of rotatable bonds is 2. The zero-order chi connectivity index (χ0) is 9.19. The Bertz CT molecular complexity index is 250. The van der Waals surface area contributed by atoms with Crippen molar-refractivity contribution in [2.75, 3.05) is 20.1 Å². The quantitative estimate of drug-likeness (QED) is 0.277.